The third kappa shape index (κ3) is 4.05. The number of benzene rings is 1. The molecule has 6 heteroatoms. The van der Waals surface area contributed by atoms with Crippen molar-refractivity contribution >= 4 is 17.0 Å². The SMILES string of the molecule is Cc1cc(OCc2cc(C#CCN)cs2)ccc1[N+](=O)[O-]. The molecule has 0 aliphatic heterocycles. The number of nitrogens with zero attached hydrogens (tertiary/aromatic N) is 1. The molecule has 1 aromatic carbocycles. The molecule has 0 spiro atoms. The lowest BCUT2D eigenvalue weighted by Crippen LogP contribution is -1.96. The van der Waals surface area contributed by atoms with Crippen LogP contribution in [0.3, 0.4) is 0 Å². The summed E-state index contributed by atoms with van der Waals surface area (Å²) in [4.78, 5) is 11.4. The van der Waals surface area contributed by atoms with E-state index in [0.29, 0.717) is 24.5 Å². The van der Waals surface area contributed by atoms with Crippen molar-refractivity contribution in [3.8, 4) is 17.6 Å². The largest absolute Gasteiger partial charge is 0.488 e. The number of nitro benzene ring substituents is 1. The van der Waals surface area contributed by atoms with Crippen molar-refractivity contribution in [1.82, 2.24) is 0 Å². The molecule has 108 valence electrons. The van der Waals surface area contributed by atoms with Crippen molar-refractivity contribution in [1.29, 1.82) is 0 Å². The Morgan fingerprint density at radius 1 is 1.43 bits per heavy atom. The molecule has 0 radical (unpaired) electrons. The van der Waals surface area contributed by atoms with E-state index in [1.54, 1.807) is 30.4 Å². The molecule has 5 nitrogen and oxygen atoms in total. The number of ether oxygens (including phenoxy) is 1. The highest BCUT2D eigenvalue weighted by atomic mass is 32.1. The molecule has 1 aromatic heterocycles. The third-order valence-corrected chi connectivity index (χ3v) is 3.64. The number of thiophene rings is 1. The summed E-state index contributed by atoms with van der Waals surface area (Å²) in [5.41, 5.74) is 6.92. The summed E-state index contributed by atoms with van der Waals surface area (Å²) in [6.45, 7) is 2.44. The fourth-order valence-corrected chi connectivity index (χ4v) is 2.48. The van der Waals surface area contributed by atoms with Crippen LogP contribution in [0.15, 0.2) is 29.6 Å². The van der Waals surface area contributed by atoms with Crippen LogP contribution in [0.2, 0.25) is 0 Å². The maximum Gasteiger partial charge on any atom is 0.272 e. The van der Waals surface area contributed by atoms with Crippen molar-refractivity contribution < 1.29 is 9.66 Å². The number of rotatable bonds is 4. The Balaban J connectivity index is 2.01. The van der Waals surface area contributed by atoms with Crippen LogP contribution in [0.4, 0.5) is 5.69 Å². The summed E-state index contributed by atoms with van der Waals surface area (Å²) < 4.78 is 5.64. The maximum absolute atomic E-state index is 10.7. The van der Waals surface area contributed by atoms with Gasteiger partial charge in [0.25, 0.3) is 5.69 Å². The van der Waals surface area contributed by atoms with Gasteiger partial charge in [0.2, 0.25) is 0 Å². The van der Waals surface area contributed by atoms with Crippen LogP contribution < -0.4 is 10.5 Å². The van der Waals surface area contributed by atoms with Crippen LogP contribution in [-0.2, 0) is 6.61 Å². The fourth-order valence-electron chi connectivity index (χ4n) is 1.75. The Hall–Kier alpha value is -2.36. The van der Waals surface area contributed by atoms with Gasteiger partial charge in [-0.1, -0.05) is 11.8 Å². The molecule has 0 saturated heterocycles. The smallest absolute Gasteiger partial charge is 0.272 e. The predicted octanol–water partition coefficient (Wildman–Crippen LogP) is 2.85. The van der Waals surface area contributed by atoms with Gasteiger partial charge in [0.1, 0.15) is 12.4 Å². The zero-order valence-corrected chi connectivity index (χ0v) is 12.3. The number of aryl methyl sites for hydroxylation is 1. The average molecular weight is 302 g/mol. The van der Waals surface area contributed by atoms with Gasteiger partial charge >= 0.3 is 0 Å². The summed E-state index contributed by atoms with van der Waals surface area (Å²) in [5.74, 6) is 6.36. The van der Waals surface area contributed by atoms with Gasteiger partial charge in [-0.15, -0.1) is 11.3 Å². The lowest BCUT2D eigenvalue weighted by atomic mass is 10.2. The van der Waals surface area contributed by atoms with Crippen LogP contribution in [0.5, 0.6) is 5.75 Å². The first kappa shape index (κ1) is 15.0. The van der Waals surface area contributed by atoms with Crippen molar-refractivity contribution in [2.45, 2.75) is 13.5 Å². The highest BCUT2D eigenvalue weighted by molar-refractivity contribution is 7.10. The molecule has 0 atom stereocenters. The molecule has 0 saturated carbocycles. The van der Waals surface area contributed by atoms with E-state index in [-0.39, 0.29) is 5.69 Å². The Labute approximate surface area is 126 Å². The summed E-state index contributed by atoms with van der Waals surface area (Å²) in [6.07, 6.45) is 0. The van der Waals surface area contributed by atoms with Gasteiger partial charge in [-0.3, -0.25) is 10.1 Å². The minimum absolute atomic E-state index is 0.0952. The Morgan fingerprint density at radius 3 is 2.90 bits per heavy atom. The van der Waals surface area contributed by atoms with E-state index in [1.807, 2.05) is 11.4 Å². The summed E-state index contributed by atoms with van der Waals surface area (Å²) >= 11 is 1.55. The van der Waals surface area contributed by atoms with Gasteiger partial charge < -0.3 is 10.5 Å². The van der Waals surface area contributed by atoms with Crippen molar-refractivity contribution in [3.63, 3.8) is 0 Å². The molecule has 0 unspecified atom stereocenters. The zero-order chi connectivity index (χ0) is 15.2. The third-order valence-electron chi connectivity index (χ3n) is 2.73. The Kier molecular flexibility index (Phi) is 4.93. The van der Waals surface area contributed by atoms with E-state index in [1.165, 1.54) is 6.07 Å². The second kappa shape index (κ2) is 6.88. The average Bonchev–Trinajstić information content (AvgIpc) is 2.90. The molecular weight excluding hydrogens is 288 g/mol. The summed E-state index contributed by atoms with van der Waals surface area (Å²) in [5, 5.41) is 12.7. The Morgan fingerprint density at radius 2 is 2.24 bits per heavy atom. The van der Waals surface area contributed by atoms with E-state index in [9.17, 15) is 10.1 Å². The van der Waals surface area contributed by atoms with E-state index in [4.69, 9.17) is 10.5 Å². The molecule has 0 amide bonds. The molecule has 0 aliphatic rings. The van der Waals surface area contributed by atoms with Crippen LogP contribution >= 0.6 is 11.3 Å². The van der Waals surface area contributed by atoms with Gasteiger partial charge in [0.05, 0.1) is 11.5 Å². The molecule has 21 heavy (non-hydrogen) atoms. The van der Waals surface area contributed by atoms with Crippen LogP contribution in [0.1, 0.15) is 16.0 Å². The lowest BCUT2D eigenvalue weighted by molar-refractivity contribution is -0.385. The monoisotopic (exact) mass is 302 g/mol. The standard InChI is InChI=1S/C15H14N2O3S/c1-11-7-13(4-5-15(11)17(18)19)20-9-14-8-12(10-21-14)3-2-6-16/h4-5,7-8,10H,6,9,16H2,1H3. The van der Waals surface area contributed by atoms with Gasteiger partial charge in [-0.2, -0.15) is 0 Å². The molecule has 2 aromatic rings. The minimum Gasteiger partial charge on any atom is -0.488 e. The lowest BCUT2D eigenvalue weighted by Gasteiger charge is -2.05. The molecular formula is C15H14N2O3S. The second-order valence-corrected chi connectivity index (χ2v) is 5.30. The quantitative estimate of drug-likeness (QED) is 0.535. The maximum atomic E-state index is 10.7. The van der Waals surface area contributed by atoms with Crippen LogP contribution in [-0.4, -0.2) is 11.5 Å². The molecule has 0 fully saturated rings. The predicted molar refractivity (Wildman–Crippen MR) is 82.4 cm³/mol. The number of nitrogens with two attached hydrogens (primary N) is 1. The van der Waals surface area contributed by atoms with Crippen molar-refractivity contribution in [2.24, 2.45) is 5.73 Å². The second-order valence-electron chi connectivity index (χ2n) is 4.30. The van der Waals surface area contributed by atoms with Crippen LogP contribution in [0, 0.1) is 28.9 Å². The summed E-state index contributed by atoms with van der Waals surface area (Å²) in [6, 6.07) is 6.68. The zero-order valence-electron chi connectivity index (χ0n) is 11.5. The topological polar surface area (TPSA) is 78.4 Å². The number of hydrogen-bond donors (Lipinski definition) is 1. The fraction of sp³-hybridized carbons (Fsp3) is 0.200. The van der Waals surface area contributed by atoms with Crippen molar-refractivity contribution in [3.05, 3.63) is 55.8 Å². The van der Waals surface area contributed by atoms with Gasteiger partial charge in [-0.05, 0) is 25.1 Å². The van der Waals surface area contributed by atoms with Crippen LogP contribution in [0.25, 0.3) is 0 Å². The van der Waals surface area contributed by atoms with Gasteiger partial charge in [0.15, 0.2) is 0 Å². The molecule has 2 rings (SSSR count). The number of hydrogen-bond acceptors (Lipinski definition) is 5. The highest BCUT2D eigenvalue weighted by Gasteiger charge is 2.10. The highest BCUT2D eigenvalue weighted by Crippen LogP contribution is 2.24. The number of nitro groups is 1. The first-order valence-electron chi connectivity index (χ1n) is 6.24. The normalized spacial score (nSPS) is 9.81. The minimum atomic E-state index is -0.402. The Bertz CT molecular complexity index is 713. The first-order valence-corrected chi connectivity index (χ1v) is 7.12. The molecule has 0 bridgehead atoms. The first-order chi connectivity index (χ1) is 10.1. The summed E-state index contributed by atoms with van der Waals surface area (Å²) in [7, 11) is 0. The van der Waals surface area contributed by atoms with Gasteiger partial charge in [0, 0.05) is 27.5 Å². The van der Waals surface area contributed by atoms with Crippen molar-refractivity contribution in [2.75, 3.05) is 6.54 Å². The molecule has 2 N–H and O–H groups in total. The van der Waals surface area contributed by atoms with Gasteiger partial charge in [-0.25, -0.2) is 0 Å². The molecule has 0 aliphatic carbocycles. The van der Waals surface area contributed by atoms with E-state index >= 15 is 0 Å². The van der Waals surface area contributed by atoms with E-state index in [0.717, 1.165) is 10.4 Å². The molecule has 1 heterocycles. The van der Waals surface area contributed by atoms with E-state index < -0.39 is 4.92 Å². The van der Waals surface area contributed by atoms with E-state index in [2.05, 4.69) is 11.8 Å².